The maximum Gasteiger partial charge on any atom is 0.105 e. The van der Waals surface area contributed by atoms with Gasteiger partial charge in [0.05, 0.1) is 10.7 Å². The van der Waals surface area contributed by atoms with Crippen molar-refractivity contribution < 1.29 is 0 Å². The Bertz CT molecular complexity index is 792. The quantitative estimate of drug-likeness (QED) is 0.683. The van der Waals surface area contributed by atoms with E-state index in [0.29, 0.717) is 5.02 Å². The van der Waals surface area contributed by atoms with Crippen molar-refractivity contribution in [3.05, 3.63) is 52.7 Å². The first-order valence-corrected chi connectivity index (χ1v) is 8.00. The predicted octanol–water partition coefficient (Wildman–Crippen LogP) is 4.47. The van der Waals surface area contributed by atoms with Crippen LogP contribution >= 0.6 is 11.6 Å². The van der Waals surface area contributed by atoms with E-state index in [9.17, 15) is 0 Å². The summed E-state index contributed by atoms with van der Waals surface area (Å²) in [5, 5.41) is 1.93. The van der Waals surface area contributed by atoms with E-state index in [0.717, 1.165) is 42.7 Å². The standard InChI is InChI=1S/C18H20ClN3/c1-12-7-8-16-14(11-12)13(5-2-3-9-20)17(22-16)18-15(19)6-4-10-21-18/h4,6-8,10-11,22H,2-3,5,9,20H2,1H3. The summed E-state index contributed by atoms with van der Waals surface area (Å²) < 4.78 is 0. The summed E-state index contributed by atoms with van der Waals surface area (Å²) in [5.41, 5.74) is 11.2. The van der Waals surface area contributed by atoms with Crippen LogP contribution in [0.2, 0.25) is 5.02 Å². The summed E-state index contributed by atoms with van der Waals surface area (Å²) in [6, 6.07) is 10.2. The first-order valence-electron chi connectivity index (χ1n) is 7.63. The first-order chi connectivity index (χ1) is 10.7. The Morgan fingerprint density at radius 2 is 2.09 bits per heavy atom. The largest absolute Gasteiger partial charge is 0.353 e. The van der Waals surface area contributed by atoms with Gasteiger partial charge in [-0.1, -0.05) is 23.2 Å². The number of halogens is 1. The third-order valence-corrected chi connectivity index (χ3v) is 4.24. The van der Waals surface area contributed by atoms with Gasteiger partial charge in [0, 0.05) is 17.1 Å². The Morgan fingerprint density at radius 1 is 1.23 bits per heavy atom. The highest BCUT2D eigenvalue weighted by molar-refractivity contribution is 6.33. The van der Waals surface area contributed by atoms with Crippen molar-refractivity contribution in [2.24, 2.45) is 5.73 Å². The van der Waals surface area contributed by atoms with Gasteiger partial charge in [-0.15, -0.1) is 0 Å². The van der Waals surface area contributed by atoms with Gasteiger partial charge in [0.1, 0.15) is 5.69 Å². The van der Waals surface area contributed by atoms with Crippen LogP contribution in [0, 0.1) is 6.92 Å². The fourth-order valence-electron chi connectivity index (χ4n) is 2.84. The van der Waals surface area contributed by atoms with Crippen molar-refractivity contribution in [3.8, 4) is 11.4 Å². The second-order valence-corrected chi connectivity index (χ2v) is 6.01. The molecule has 0 spiro atoms. The summed E-state index contributed by atoms with van der Waals surface area (Å²) >= 11 is 6.35. The van der Waals surface area contributed by atoms with Crippen LogP contribution in [-0.2, 0) is 6.42 Å². The van der Waals surface area contributed by atoms with Gasteiger partial charge in [-0.05, 0) is 62.6 Å². The number of nitrogens with two attached hydrogens (primary N) is 1. The number of hydrogen-bond donors (Lipinski definition) is 2. The van der Waals surface area contributed by atoms with E-state index in [2.05, 4.69) is 35.1 Å². The molecule has 3 N–H and O–H groups in total. The first kappa shape index (κ1) is 15.1. The zero-order valence-electron chi connectivity index (χ0n) is 12.7. The number of aromatic nitrogens is 2. The summed E-state index contributed by atoms with van der Waals surface area (Å²) in [6.45, 7) is 2.84. The molecule has 114 valence electrons. The maximum absolute atomic E-state index is 6.35. The molecule has 0 bridgehead atoms. The number of nitrogens with one attached hydrogen (secondary N) is 1. The van der Waals surface area contributed by atoms with E-state index in [4.69, 9.17) is 17.3 Å². The van der Waals surface area contributed by atoms with Crippen LogP contribution in [0.1, 0.15) is 24.0 Å². The minimum atomic E-state index is 0.672. The normalized spacial score (nSPS) is 11.2. The lowest BCUT2D eigenvalue weighted by atomic mass is 10.0. The molecule has 0 saturated carbocycles. The van der Waals surface area contributed by atoms with E-state index in [-0.39, 0.29) is 0 Å². The zero-order valence-corrected chi connectivity index (χ0v) is 13.5. The Labute approximate surface area is 135 Å². The van der Waals surface area contributed by atoms with Crippen LogP contribution < -0.4 is 5.73 Å². The second kappa shape index (κ2) is 6.51. The number of hydrogen-bond acceptors (Lipinski definition) is 2. The van der Waals surface area contributed by atoms with Gasteiger partial charge in [0.15, 0.2) is 0 Å². The number of aromatic amines is 1. The third kappa shape index (κ3) is 2.87. The Balaban J connectivity index is 2.15. The molecule has 0 saturated heterocycles. The Kier molecular flexibility index (Phi) is 4.46. The van der Waals surface area contributed by atoms with Crippen molar-refractivity contribution in [2.45, 2.75) is 26.2 Å². The Morgan fingerprint density at radius 3 is 2.86 bits per heavy atom. The van der Waals surface area contributed by atoms with Crippen molar-refractivity contribution in [3.63, 3.8) is 0 Å². The fourth-order valence-corrected chi connectivity index (χ4v) is 3.06. The van der Waals surface area contributed by atoms with Gasteiger partial charge in [0.2, 0.25) is 0 Å². The highest BCUT2D eigenvalue weighted by atomic mass is 35.5. The van der Waals surface area contributed by atoms with Gasteiger partial charge in [-0.25, -0.2) is 0 Å². The van der Waals surface area contributed by atoms with Crippen molar-refractivity contribution in [2.75, 3.05) is 6.54 Å². The minimum absolute atomic E-state index is 0.672. The number of unbranched alkanes of at least 4 members (excludes halogenated alkanes) is 1. The SMILES string of the molecule is Cc1ccc2[nH]c(-c3ncccc3Cl)c(CCCCN)c2c1. The highest BCUT2D eigenvalue weighted by Gasteiger charge is 2.16. The molecule has 1 aromatic carbocycles. The minimum Gasteiger partial charge on any atom is -0.353 e. The monoisotopic (exact) mass is 313 g/mol. The van der Waals surface area contributed by atoms with E-state index >= 15 is 0 Å². The van der Waals surface area contributed by atoms with Crippen molar-refractivity contribution >= 4 is 22.5 Å². The van der Waals surface area contributed by atoms with Crippen LogP contribution in [0.25, 0.3) is 22.3 Å². The molecule has 0 amide bonds. The molecular weight excluding hydrogens is 294 g/mol. The Hall–Kier alpha value is -1.84. The number of fused-ring (bicyclic) bond motifs is 1. The number of nitrogens with zero attached hydrogens (tertiary/aromatic N) is 1. The van der Waals surface area contributed by atoms with Gasteiger partial charge in [-0.2, -0.15) is 0 Å². The van der Waals surface area contributed by atoms with Crippen LogP contribution in [0.15, 0.2) is 36.5 Å². The van der Waals surface area contributed by atoms with Crippen LogP contribution in [-0.4, -0.2) is 16.5 Å². The fraction of sp³-hybridized carbons (Fsp3) is 0.278. The topological polar surface area (TPSA) is 54.7 Å². The molecule has 0 aliphatic rings. The number of H-pyrrole nitrogens is 1. The van der Waals surface area contributed by atoms with Crippen LogP contribution in [0.3, 0.4) is 0 Å². The lowest BCUT2D eigenvalue weighted by Crippen LogP contribution is -1.99. The van der Waals surface area contributed by atoms with Crippen molar-refractivity contribution in [1.82, 2.24) is 9.97 Å². The van der Waals surface area contributed by atoms with E-state index < -0.39 is 0 Å². The summed E-state index contributed by atoms with van der Waals surface area (Å²) in [7, 11) is 0. The number of aryl methyl sites for hydroxylation is 2. The predicted molar refractivity (Wildman–Crippen MR) is 93.3 cm³/mol. The molecule has 22 heavy (non-hydrogen) atoms. The average Bonchev–Trinajstić information content (AvgIpc) is 2.86. The lowest BCUT2D eigenvalue weighted by Gasteiger charge is -2.06. The van der Waals surface area contributed by atoms with E-state index in [1.54, 1.807) is 6.20 Å². The van der Waals surface area contributed by atoms with Gasteiger partial charge in [-0.3, -0.25) is 4.98 Å². The molecule has 3 nitrogen and oxygen atoms in total. The number of benzene rings is 1. The summed E-state index contributed by atoms with van der Waals surface area (Å²) in [6.07, 6.45) is 4.84. The molecule has 0 aliphatic carbocycles. The van der Waals surface area contributed by atoms with Crippen LogP contribution in [0.4, 0.5) is 0 Å². The van der Waals surface area contributed by atoms with Gasteiger partial charge >= 0.3 is 0 Å². The molecule has 0 unspecified atom stereocenters. The lowest BCUT2D eigenvalue weighted by molar-refractivity contribution is 0.748. The van der Waals surface area contributed by atoms with E-state index in [1.807, 2.05) is 12.1 Å². The summed E-state index contributed by atoms with van der Waals surface area (Å²) in [4.78, 5) is 7.96. The van der Waals surface area contributed by atoms with Crippen LogP contribution in [0.5, 0.6) is 0 Å². The molecule has 0 radical (unpaired) electrons. The molecule has 0 aliphatic heterocycles. The highest BCUT2D eigenvalue weighted by Crippen LogP contribution is 2.34. The number of rotatable bonds is 5. The average molecular weight is 314 g/mol. The molecule has 2 aromatic heterocycles. The van der Waals surface area contributed by atoms with Crippen molar-refractivity contribution in [1.29, 1.82) is 0 Å². The van der Waals surface area contributed by atoms with Gasteiger partial charge in [0.25, 0.3) is 0 Å². The van der Waals surface area contributed by atoms with Gasteiger partial charge < -0.3 is 10.7 Å². The smallest absolute Gasteiger partial charge is 0.105 e. The molecule has 3 aromatic rings. The number of pyridine rings is 1. The molecule has 3 rings (SSSR count). The molecule has 2 heterocycles. The second-order valence-electron chi connectivity index (χ2n) is 5.61. The summed E-state index contributed by atoms with van der Waals surface area (Å²) in [5.74, 6) is 0. The van der Waals surface area contributed by atoms with E-state index in [1.165, 1.54) is 16.5 Å². The maximum atomic E-state index is 6.35. The zero-order chi connectivity index (χ0) is 15.5. The molecular formula is C18H20ClN3. The molecule has 0 atom stereocenters. The third-order valence-electron chi connectivity index (χ3n) is 3.94. The molecule has 4 heteroatoms. The molecule has 0 fully saturated rings.